The third kappa shape index (κ3) is 6.25. The van der Waals surface area contributed by atoms with E-state index in [2.05, 4.69) is 68.3 Å². The maximum absolute atomic E-state index is 12.5. The summed E-state index contributed by atoms with van der Waals surface area (Å²) in [5.74, 6) is 3.06. The fourth-order valence-electron chi connectivity index (χ4n) is 4.15. The minimum Gasteiger partial charge on any atom is -0.485 e. The minimum atomic E-state index is 0.0774. The van der Waals surface area contributed by atoms with E-state index in [0.29, 0.717) is 30.2 Å². The van der Waals surface area contributed by atoms with E-state index in [0.717, 1.165) is 29.7 Å². The van der Waals surface area contributed by atoms with Crippen molar-refractivity contribution in [3.8, 4) is 5.75 Å². The third-order valence-electron chi connectivity index (χ3n) is 6.05. The topological polar surface area (TPSA) is 69.0 Å². The molecule has 1 heterocycles. The average molecular weight is 445 g/mol. The first-order valence-corrected chi connectivity index (χ1v) is 12.4. The number of nitrogens with zero attached hydrogens (tertiary/aromatic N) is 3. The highest BCUT2D eigenvalue weighted by molar-refractivity contribution is 7.99. The molecule has 2 aromatic rings. The number of ether oxygens (including phenoxy) is 1. The molecule has 1 fully saturated rings. The summed E-state index contributed by atoms with van der Waals surface area (Å²) >= 11 is 1.44. The van der Waals surface area contributed by atoms with Gasteiger partial charge in [-0.1, -0.05) is 57.5 Å². The largest absolute Gasteiger partial charge is 0.485 e. The number of thioether (sulfide) groups is 1. The van der Waals surface area contributed by atoms with Crippen LogP contribution in [0.3, 0.4) is 0 Å². The summed E-state index contributed by atoms with van der Waals surface area (Å²) in [6.07, 6.45) is 4.76. The summed E-state index contributed by atoms with van der Waals surface area (Å²) in [7, 11) is 0. The Morgan fingerprint density at radius 2 is 2.06 bits per heavy atom. The van der Waals surface area contributed by atoms with Crippen LogP contribution in [0.25, 0.3) is 0 Å². The highest BCUT2D eigenvalue weighted by atomic mass is 32.2. The van der Waals surface area contributed by atoms with E-state index < -0.39 is 0 Å². The Labute approximate surface area is 190 Å². The van der Waals surface area contributed by atoms with Crippen molar-refractivity contribution < 1.29 is 9.53 Å². The molecule has 0 aliphatic heterocycles. The van der Waals surface area contributed by atoms with Gasteiger partial charge in [0, 0.05) is 12.6 Å². The highest BCUT2D eigenvalue weighted by Crippen LogP contribution is 2.28. The van der Waals surface area contributed by atoms with Gasteiger partial charge in [-0.2, -0.15) is 0 Å². The van der Waals surface area contributed by atoms with Gasteiger partial charge in [-0.15, -0.1) is 10.2 Å². The van der Waals surface area contributed by atoms with Gasteiger partial charge in [0.1, 0.15) is 12.4 Å². The van der Waals surface area contributed by atoms with Crippen molar-refractivity contribution in [3.63, 3.8) is 0 Å². The second kappa shape index (κ2) is 11.0. The van der Waals surface area contributed by atoms with Crippen LogP contribution in [0.5, 0.6) is 5.75 Å². The number of carbonyl (C=O) groups excluding carboxylic acids is 1. The van der Waals surface area contributed by atoms with Crippen LogP contribution in [0.4, 0.5) is 0 Å². The van der Waals surface area contributed by atoms with Gasteiger partial charge in [0.15, 0.2) is 11.0 Å². The zero-order valence-electron chi connectivity index (χ0n) is 19.5. The van der Waals surface area contributed by atoms with Crippen molar-refractivity contribution in [1.29, 1.82) is 0 Å². The second-order valence-corrected chi connectivity index (χ2v) is 9.79. The fourth-order valence-corrected chi connectivity index (χ4v) is 4.98. The van der Waals surface area contributed by atoms with E-state index >= 15 is 0 Å². The molecular formula is C24H36N4O2S. The predicted molar refractivity (Wildman–Crippen MR) is 126 cm³/mol. The van der Waals surface area contributed by atoms with Gasteiger partial charge >= 0.3 is 0 Å². The van der Waals surface area contributed by atoms with Crippen molar-refractivity contribution in [2.24, 2.45) is 5.92 Å². The molecule has 1 amide bonds. The van der Waals surface area contributed by atoms with E-state index in [9.17, 15) is 4.79 Å². The summed E-state index contributed by atoms with van der Waals surface area (Å²) < 4.78 is 8.18. The number of benzene rings is 1. The van der Waals surface area contributed by atoms with Gasteiger partial charge in [0.25, 0.3) is 0 Å². The van der Waals surface area contributed by atoms with Gasteiger partial charge in [-0.25, -0.2) is 0 Å². The van der Waals surface area contributed by atoms with Gasteiger partial charge in [-0.05, 0) is 55.7 Å². The first kappa shape index (κ1) is 23.6. The molecule has 7 heteroatoms. The molecule has 170 valence electrons. The molecule has 0 radical (unpaired) electrons. The molecule has 3 rings (SSSR count). The van der Waals surface area contributed by atoms with E-state index in [-0.39, 0.29) is 5.91 Å². The van der Waals surface area contributed by atoms with E-state index in [1.54, 1.807) is 0 Å². The molecule has 2 atom stereocenters. The lowest BCUT2D eigenvalue weighted by Gasteiger charge is -2.29. The Morgan fingerprint density at radius 1 is 1.29 bits per heavy atom. The zero-order chi connectivity index (χ0) is 22.4. The summed E-state index contributed by atoms with van der Waals surface area (Å²) in [5.41, 5.74) is 2.36. The molecule has 6 nitrogen and oxygen atoms in total. The number of amides is 1. The second-order valence-electron chi connectivity index (χ2n) is 8.85. The van der Waals surface area contributed by atoms with Gasteiger partial charge in [-0.3, -0.25) is 4.79 Å². The number of aromatic nitrogens is 3. The molecule has 0 bridgehead atoms. The minimum absolute atomic E-state index is 0.0774. The Balaban J connectivity index is 1.59. The molecule has 1 aliphatic rings. The smallest absolute Gasteiger partial charge is 0.230 e. The lowest BCUT2D eigenvalue weighted by Crippen LogP contribution is -2.41. The van der Waals surface area contributed by atoms with Crippen LogP contribution in [0.2, 0.25) is 0 Å². The summed E-state index contributed by atoms with van der Waals surface area (Å²) in [6, 6.07) is 6.63. The van der Waals surface area contributed by atoms with E-state index in [4.69, 9.17) is 4.74 Å². The first-order chi connectivity index (χ1) is 14.9. The summed E-state index contributed by atoms with van der Waals surface area (Å²) in [4.78, 5) is 12.5. The highest BCUT2D eigenvalue weighted by Gasteiger charge is 2.23. The lowest BCUT2D eigenvalue weighted by atomic mass is 9.86. The average Bonchev–Trinajstić information content (AvgIpc) is 3.14. The number of nitrogens with one attached hydrogen (secondary N) is 1. The molecule has 1 aromatic heterocycles. The molecule has 1 aromatic carbocycles. The van der Waals surface area contributed by atoms with Crippen LogP contribution in [0, 0.1) is 12.8 Å². The Morgan fingerprint density at radius 3 is 2.77 bits per heavy atom. The number of carbonyl (C=O) groups is 1. The molecule has 1 saturated carbocycles. The zero-order valence-corrected chi connectivity index (χ0v) is 20.3. The maximum atomic E-state index is 12.5. The Hall–Kier alpha value is -2.02. The van der Waals surface area contributed by atoms with Crippen molar-refractivity contribution in [2.45, 2.75) is 90.6 Å². The molecule has 1 aliphatic carbocycles. The van der Waals surface area contributed by atoms with Crippen molar-refractivity contribution in [3.05, 3.63) is 35.2 Å². The van der Waals surface area contributed by atoms with Gasteiger partial charge < -0.3 is 14.6 Å². The lowest BCUT2D eigenvalue weighted by molar-refractivity contribution is -0.119. The molecule has 0 unspecified atom stereocenters. The van der Waals surface area contributed by atoms with Gasteiger partial charge in [0.05, 0.1) is 5.75 Å². The van der Waals surface area contributed by atoms with E-state index in [1.807, 2.05) is 4.57 Å². The summed E-state index contributed by atoms with van der Waals surface area (Å²) in [6.45, 7) is 11.8. The van der Waals surface area contributed by atoms with Crippen molar-refractivity contribution in [2.75, 3.05) is 5.75 Å². The van der Waals surface area contributed by atoms with E-state index in [1.165, 1.54) is 42.2 Å². The Bertz CT molecular complexity index is 880. The number of aryl methyl sites for hydroxylation is 1. The Kier molecular flexibility index (Phi) is 8.41. The molecular weight excluding hydrogens is 408 g/mol. The predicted octanol–water partition coefficient (Wildman–Crippen LogP) is 5.10. The third-order valence-corrected chi connectivity index (χ3v) is 7.01. The standard InChI is InChI=1S/C24H36N4O2S/c1-6-28-22(14-30-21-13-17(4)11-12-19(21)16(2)3)26-27-24(28)31-15-23(29)25-20-10-8-7-9-18(20)5/h11-13,16,18,20H,6-10,14-15H2,1-5H3,(H,25,29)/t18-,20-/m1/s1. The van der Waals surface area contributed by atoms with Crippen LogP contribution in [-0.4, -0.2) is 32.5 Å². The maximum Gasteiger partial charge on any atom is 0.230 e. The number of hydrogen-bond donors (Lipinski definition) is 1. The van der Waals surface area contributed by atoms with Crippen LogP contribution >= 0.6 is 11.8 Å². The van der Waals surface area contributed by atoms with Crippen LogP contribution in [-0.2, 0) is 17.9 Å². The molecule has 0 spiro atoms. The van der Waals surface area contributed by atoms with Crippen LogP contribution in [0.1, 0.15) is 76.2 Å². The normalized spacial score (nSPS) is 18.9. The first-order valence-electron chi connectivity index (χ1n) is 11.5. The van der Waals surface area contributed by atoms with Gasteiger partial charge in [0.2, 0.25) is 5.91 Å². The van der Waals surface area contributed by atoms with Crippen LogP contribution < -0.4 is 10.1 Å². The molecule has 31 heavy (non-hydrogen) atoms. The number of hydrogen-bond acceptors (Lipinski definition) is 5. The SMILES string of the molecule is CCn1c(COc2cc(C)ccc2C(C)C)nnc1SCC(=O)N[C@@H]1CCCC[C@H]1C. The van der Waals surface area contributed by atoms with Crippen LogP contribution in [0.15, 0.2) is 23.4 Å². The summed E-state index contributed by atoms with van der Waals surface area (Å²) in [5, 5.41) is 12.6. The monoisotopic (exact) mass is 444 g/mol. The quantitative estimate of drug-likeness (QED) is 0.545. The number of rotatable bonds is 9. The van der Waals surface area contributed by atoms with Crippen molar-refractivity contribution >= 4 is 17.7 Å². The van der Waals surface area contributed by atoms with Crippen molar-refractivity contribution in [1.82, 2.24) is 20.1 Å². The molecule has 1 N–H and O–H groups in total. The molecule has 0 saturated heterocycles. The fraction of sp³-hybridized carbons (Fsp3) is 0.625.